The van der Waals surface area contributed by atoms with E-state index in [-0.39, 0.29) is 21.2 Å². The maximum atomic E-state index is 12.9. The molecule has 0 bridgehead atoms. The van der Waals surface area contributed by atoms with E-state index in [1.807, 2.05) is 0 Å². The van der Waals surface area contributed by atoms with E-state index in [1.54, 1.807) is 0 Å². The minimum absolute atomic E-state index is 0.150. The van der Waals surface area contributed by atoms with E-state index >= 15 is 0 Å². The summed E-state index contributed by atoms with van der Waals surface area (Å²) in [7, 11) is -9.10. The van der Waals surface area contributed by atoms with Crippen molar-refractivity contribution in [3.05, 3.63) is 48.5 Å². The van der Waals surface area contributed by atoms with E-state index in [1.165, 1.54) is 36.4 Å². The number of hydrogen-bond donors (Lipinski definition) is 4. The smallest absolute Gasteiger partial charge is 0.242 e. The van der Waals surface area contributed by atoms with Gasteiger partial charge in [-0.1, -0.05) is 12.1 Å². The minimum atomic E-state index is -4.55. The van der Waals surface area contributed by atoms with Crippen LogP contribution in [0.3, 0.4) is 0 Å². The Labute approximate surface area is 140 Å². The quantitative estimate of drug-likeness (QED) is 0.518. The second-order valence-electron chi connectivity index (χ2n) is 5.17. The Morgan fingerprint density at radius 2 is 1.17 bits per heavy atom. The number of sulfone groups is 2. The molecule has 0 aliphatic heterocycles. The fraction of sp³-hybridized carbons (Fsp3) is 0.143. The normalized spacial score (nSPS) is 12.9. The Morgan fingerprint density at radius 1 is 0.792 bits per heavy atom. The van der Waals surface area contributed by atoms with Crippen molar-refractivity contribution in [2.24, 2.45) is 11.5 Å². The number of nitrogens with two attached hydrogens (primary N) is 4. The predicted octanol–water partition coefficient (Wildman–Crippen LogP) is -0.330. The lowest BCUT2D eigenvalue weighted by atomic mass is 10.3. The van der Waals surface area contributed by atoms with Crippen molar-refractivity contribution in [2.45, 2.75) is 14.0 Å². The van der Waals surface area contributed by atoms with E-state index in [0.29, 0.717) is 0 Å². The standard InChI is InChI=1S/C14H18N4O4S2/c15-9-14(18,23(19,20)12-5-1-3-10(16)7-12)24(21,22)13-6-2-4-11(17)8-13/h1-8H,9,15-18H2. The van der Waals surface area contributed by atoms with Crippen LogP contribution < -0.4 is 22.9 Å². The fourth-order valence-corrected chi connectivity index (χ4v) is 6.19. The van der Waals surface area contributed by atoms with E-state index in [9.17, 15) is 16.8 Å². The number of benzene rings is 2. The summed E-state index contributed by atoms with van der Waals surface area (Å²) in [5.41, 5.74) is 22.8. The van der Waals surface area contributed by atoms with E-state index in [2.05, 4.69) is 0 Å². The van der Waals surface area contributed by atoms with Crippen molar-refractivity contribution in [1.82, 2.24) is 0 Å². The van der Waals surface area contributed by atoms with Gasteiger partial charge in [0.05, 0.1) is 9.79 Å². The summed E-state index contributed by atoms with van der Waals surface area (Å²) in [4.78, 5) is -0.661. The van der Waals surface area contributed by atoms with Gasteiger partial charge in [-0.05, 0) is 36.4 Å². The molecule has 0 radical (unpaired) electrons. The van der Waals surface area contributed by atoms with Gasteiger partial charge in [-0.3, -0.25) is 5.73 Å². The molecule has 8 nitrogen and oxygen atoms in total. The molecule has 0 heterocycles. The van der Waals surface area contributed by atoms with Crippen LogP contribution in [0.2, 0.25) is 0 Å². The lowest BCUT2D eigenvalue weighted by Crippen LogP contribution is -2.59. The number of nitrogen functional groups attached to an aromatic ring is 2. The summed E-state index contributed by atoms with van der Waals surface area (Å²) in [6.45, 7) is -0.846. The second-order valence-corrected chi connectivity index (χ2v) is 9.84. The van der Waals surface area contributed by atoms with Crippen molar-refractivity contribution in [3.63, 3.8) is 0 Å². The molecule has 2 aromatic rings. The predicted molar refractivity (Wildman–Crippen MR) is 92.1 cm³/mol. The first-order chi connectivity index (χ1) is 11.1. The Hall–Kier alpha value is -2.14. The SMILES string of the molecule is NCC(N)(S(=O)(=O)c1cccc(N)c1)S(=O)(=O)c1cccc(N)c1. The van der Waals surface area contributed by atoms with Crippen LogP contribution in [-0.4, -0.2) is 27.6 Å². The third kappa shape index (κ3) is 2.73. The summed E-state index contributed by atoms with van der Waals surface area (Å²) < 4.78 is 48.7. The number of hydrogen-bond acceptors (Lipinski definition) is 8. The van der Waals surface area contributed by atoms with Crippen LogP contribution in [-0.2, 0) is 19.7 Å². The molecule has 2 rings (SSSR count). The molecule has 0 spiro atoms. The van der Waals surface area contributed by atoms with Gasteiger partial charge in [0.25, 0.3) is 0 Å². The van der Waals surface area contributed by atoms with Gasteiger partial charge in [-0.25, -0.2) is 16.8 Å². The van der Waals surface area contributed by atoms with Crippen molar-refractivity contribution in [2.75, 3.05) is 18.0 Å². The second kappa shape index (κ2) is 6.06. The monoisotopic (exact) mass is 370 g/mol. The summed E-state index contributed by atoms with van der Waals surface area (Å²) in [5.74, 6) is 0. The summed E-state index contributed by atoms with van der Waals surface area (Å²) in [6, 6.07) is 10.4. The minimum Gasteiger partial charge on any atom is -0.399 e. The molecule has 0 saturated heterocycles. The van der Waals surface area contributed by atoms with Crippen LogP contribution in [0.4, 0.5) is 11.4 Å². The van der Waals surface area contributed by atoms with Crippen molar-refractivity contribution >= 4 is 31.0 Å². The third-order valence-corrected chi connectivity index (χ3v) is 8.75. The zero-order chi connectivity index (χ0) is 18.2. The lowest BCUT2D eigenvalue weighted by Gasteiger charge is -2.27. The molecule has 24 heavy (non-hydrogen) atoms. The topological polar surface area (TPSA) is 172 Å². The first-order valence-corrected chi connectivity index (χ1v) is 9.72. The van der Waals surface area contributed by atoms with Crippen molar-refractivity contribution in [3.8, 4) is 0 Å². The molecule has 0 atom stereocenters. The van der Waals surface area contributed by atoms with Crippen LogP contribution in [0.25, 0.3) is 0 Å². The molecule has 130 valence electrons. The number of rotatable bonds is 5. The maximum Gasteiger partial charge on any atom is 0.242 e. The molecule has 0 fully saturated rings. The van der Waals surface area contributed by atoms with Gasteiger partial charge in [0.1, 0.15) is 0 Å². The van der Waals surface area contributed by atoms with Crippen molar-refractivity contribution in [1.29, 1.82) is 0 Å². The molecule has 10 heteroatoms. The maximum absolute atomic E-state index is 12.9. The van der Waals surface area contributed by atoms with Gasteiger partial charge in [-0.2, -0.15) is 0 Å². The highest BCUT2D eigenvalue weighted by molar-refractivity contribution is 8.10. The van der Waals surface area contributed by atoms with E-state index in [0.717, 1.165) is 12.1 Å². The molecule has 0 aliphatic carbocycles. The zero-order valence-electron chi connectivity index (χ0n) is 12.6. The van der Waals surface area contributed by atoms with Gasteiger partial charge in [0.2, 0.25) is 23.9 Å². The van der Waals surface area contributed by atoms with Crippen LogP contribution in [0.5, 0.6) is 0 Å². The highest BCUT2D eigenvalue weighted by atomic mass is 32.3. The lowest BCUT2D eigenvalue weighted by molar-refractivity contribution is 0.542. The molecule has 8 N–H and O–H groups in total. The molecule has 0 amide bonds. The third-order valence-electron chi connectivity index (χ3n) is 3.53. The largest absolute Gasteiger partial charge is 0.399 e. The highest BCUT2D eigenvalue weighted by Crippen LogP contribution is 2.32. The van der Waals surface area contributed by atoms with E-state index in [4.69, 9.17) is 22.9 Å². The highest BCUT2D eigenvalue weighted by Gasteiger charge is 2.52. The molecule has 0 aromatic heterocycles. The van der Waals surface area contributed by atoms with E-state index < -0.39 is 30.4 Å². The van der Waals surface area contributed by atoms with Gasteiger partial charge in [-0.15, -0.1) is 0 Å². The Morgan fingerprint density at radius 3 is 1.46 bits per heavy atom. The van der Waals surface area contributed by atoms with Gasteiger partial charge >= 0.3 is 0 Å². The van der Waals surface area contributed by atoms with Crippen LogP contribution in [0.1, 0.15) is 0 Å². The van der Waals surface area contributed by atoms with Gasteiger partial charge in [0, 0.05) is 17.9 Å². The average Bonchev–Trinajstić information content (AvgIpc) is 2.53. The first kappa shape index (κ1) is 18.2. The summed E-state index contributed by atoms with van der Waals surface area (Å²) in [5, 5.41) is 0. The van der Waals surface area contributed by atoms with Crippen LogP contribution in [0.15, 0.2) is 58.3 Å². The van der Waals surface area contributed by atoms with Gasteiger partial charge < -0.3 is 17.2 Å². The van der Waals surface area contributed by atoms with Gasteiger partial charge in [0.15, 0.2) is 0 Å². The molecule has 0 aliphatic rings. The summed E-state index contributed by atoms with van der Waals surface area (Å²) >= 11 is 0. The first-order valence-electron chi connectivity index (χ1n) is 6.75. The fourth-order valence-electron chi connectivity index (χ4n) is 2.13. The molecule has 0 unspecified atom stereocenters. The molecular weight excluding hydrogens is 352 g/mol. The Balaban J connectivity index is 2.71. The Bertz CT molecular complexity index is 896. The van der Waals surface area contributed by atoms with Crippen LogP contribution >= 0.6 is 0 Å². The average molecular weight is 370 g/mol. The summed E-state index contributed by atoms with van der Waals surface area (Å²) in [6.07, 6.45) is 0. The zero-order valence-corrected chi connectivity index (χ0v) is 14.2. The molecule has 2 aromatic carbocycles. The number of anilines is 2. The Kier molecular flexibility index (Phi) is 4.59. The van der Waals surface area contributed by atoms with Crippen molar-refractivity contribution < 1.29 is 16.8 Å². The molecule has 0 saturated carbocycles. The molecular formula is C14H18N4O4S2. The van der Waals surface area contributed by atoms with Crippen LogP contribution in [0, 0.1) is 0 Å².